The molecule has 0 amide bonds. The SMILES string of the molecule is CC/C=C/C=C/C=C/CCCCCCCCCC(=O)OC(COC(=O)CC/C=C/C/C=C/CCCCCCCC)COC(=O)CCCCCCCC/C=C/C/C=C/C/C=C/C/C=C/CC. The lowest BCUT2D eigenvalue weighted by atomic mass is 10.1. The summed E-state index contributed by atoms with van der Waals surface area (Å²) < 4.78 is 16.7. The first-order valence-electron chi connectivity index (χ1n) is 26.4. The molecule has 0 saturated carbocycles. The zero-order chi connectivity index (χ0) is 47.2. The van der Waals surface area contributed by atoms with Crippen LogP contribution in [0.15, 0.2) is 109 Å². The number of unbranched alkanes of at least 4 members (excludes halogenated alkanes) is 19. The van der Waals surface area contributed by atoms with Gasteiger partial charge in [0.2, 0.25) is 0 Å². The monoisotopic (exact) mass is 901 g/mol. The van der Waals surface area contributed by atoms with E-state index >= 15 is 0 Å². The van der Waals surface area contributed by atoms with Crippen LogP contribution < -0.4 is 0 Å². The van der Waals surface area contributed by atoms with E-state index in [1.54, 1.807) is 0 Å². The maximum Gasteiger partial charge on any atom is 0.306 e. The van der Waals surface area contributed by atoms with E-state index < -0.39 is 6.10 Å². The predicted molar refractivity (Wildman–Crippen MR) is 279 cm³/mol. The number of carbonyl (C=O) groups excluding carboxylic acids is 3. The van der Waals surface area contributed by atoms with Crippen LogP contribution in [0, 0.1) is 0 Å². The Morgan fingerprint density at radius 3 is 1.20 bits per heavy atom. The maximum absolute atomic E-state index is 12.8. The molecule has 0 aromatic carbocycles. The van der Waals surface area contributed by atoms with Gasteiger partial charge in [0, 0.05) is 19.3 Å². The first kappa shape index (κ1) is 61.1. The third-order valence-electron chi connectivity index (χ3n) is 10.8. The van der Waals surface area contributed by atoms with Crippen molar-refractivity contribution in [3.8, 4) is 0 Å². The number of allylic oxidation sites excluding steroid dienone is 18. The molecule has 65 heavy (non-hydrogen) atoms. The molecule has 0 aliphatic rings. The van der Waals surface area contributed by atoms with Crippen LogP contribution in [0.25, 0.3) is 0 Å². The van der Waals surface area contributed by atoms with E-state index in [1.165, 1.54) is 70.6 Å². The van der Waals surface area contributed by atoms with E-state index in [2.05, 4.69) is 124 Å². The molecule has 6 heteroatoms. The van der Waals surface area contributed by atoms with Gasteiger partial charge in [0.25, 0.3) is 0 Å². The summed E-state index contributed by atoms with van der Waals surface area (Å²) in [5, 5.41) is 0. The van der Waals surface area contributed by atoms with Gasteiger partial charge in [0.05, 0.1) is 0 Å². The number of carbonyl (C=O) groups is 3. The van der Waals surface area contributed by atoms with E-state index in [0.29, 0.717) is 19.3 Å². The van der Waals surface area contributed by atoms with Crippen LogP contribution in [0.4, 0.5) is 0 Å². The third kappa shape index (κ3) is 50.9. The van der Waals surface area contributed by atoms with Crippen LogP contribution in [-0.2, 0) is 28.6 Å². The number of ether oxygens (including phenoxy) is 3. The van der Waals surface area contributed by atoms with Crippen molar-refractivity contribution >= 4 is 17.9 Å². The van der Waals surface area contributed by atoms with E-state index in [4.69, 9.17) is 14.2 Å². The molecule has 0 aliphatic carbocycles. The van der Waals surface area contributed by atoms with Crippen LogP contribution in [0.3, 0.4) is 0 Å². The molecule has 1 unspecified atom stereocenters. The lowest BCUT2D eigenvalue weighted by molar-refractivity contribution is -0.166. The van der Waals surface area contributed by atoms with Gasteiger partial charge < -0.3 is 14.2 Å². The van der Waals surface area contributed by atoms with Crippen molar-refractivity contribution < 1.29 is 28.6 Å². The van der Waals surface area contributed by atoms with E-state index in [1.807, 2.05) is 6.08 Å². The first-order chi connectivity index (χ1) is 32.0. The Balaban J connectivity index is 4.48. The second-order valence-corrected chi connectivity index (χ2v) is 17.1. The zero-order valence-electron chi connectivity index (χ0n) is 42.0. The van der Waals surface area contributed by atoms with Crippen molar-refractivity contribution in [2.75, 3.05) is 13.2 Å². The van der Waals surface area contributed by atoms with Gasteiger partial charge in [-0.3, -0.25) is 14.4 Å². The Hall–Kier alpha value is -3.93. The fourth-order valence-electron chi connectivity index (χ4n) is 6.90. The van der Waals surface area contributed by atoms with Gasteiger partial charge >= 0.3 is 17.9 Å². The molecule has 0 rings (SSSR count). The number of rotatable bonds is 46. The lowest BCUT2D eigenvalue weighted by Gasteiger charge is -2.18. The summed E-state index contributed by atoms with van der Waals surface area (Å²) in [6.45, 7) is 6.30. The largest absolute Gasteiger partial charge is 0.462 e. The van der Waals surface area contributed by atoms with Gasteiger partial charge in [0.15, 0.2) is 6.10 Å². The van der Waals surface area contributed by atoms with Crippen LogP contribution >= 0.6 is 0 Å². The average Bonchev–Trinajstić information content (AvgIpc) is 3.30. The molecule has 0 aromatic heterocycles. The molecule has 0 fully saturated rings. The van der Waals surface area contributed by atoms with Crippen molar-refractivity contribution in [3.63, 3.8) is 0 Å². The molecule has 1 atom stereocenters. The Morgan fingerprint density at radius 2 is 0.708 bits per heavy atom. The van der Waals surface area contributed by atoms with Gasteiger partial charge in [0.1, 0.15) is 13.2 Å². The van der Waals surface area contributed by atoms with Crippen molar-refractivity contribution in [1.82, 2.24) is 0 Å². The van der Waals surface area contributed by atoms with Crippen LogP contribution in [-0.4, -0.2) is 37.2 Å². The fraction of sp³-hybridized carbons (Fsp3) is 0.644. The highest BCUT2D eigenvalue weighted by molar-refractivity contribution is 5.71. The highest BCUT2D eigenvalue weighted by Crippen LogP contribution is 2.13. The summed E-state index contributed by atoms with van der Waals surface area (Å²) in [6.07, 6.45) is 70.8. The fourth-order valence-corrected chi connectivity index (χ4v) is 6.90. The molecule has 0 bridgehead atoms. The summed E-state index contributed by atoms with van der Waals surface area (Å²) >= 11 is 0. The molecule has 0 saturated heterocycles. The van der Waals surface area contributed by atoms with E-state index in [0.717, 1.165) is 109 Å². The van der Waals surface area contributed by atoms with E-state index in [-0.39, 0.29) is 37.5 Å². The highest BCUT2D eigenvalue weighted by Gasteiger charge is 2.19. The molecule has 0 aliphatic heterocycles. The summed E-state index contributed by atoms with van der Waals surface area (Å²) in [5.74, 6) is -1.01. The molecule has 0 heterocycles. The second-order valence-electron chi connectivity index (χ2n) is 17.1. The minimum Gasteiger partial charge on any atom is -0.462 e. The lowest BCUT2D eigenvalue weighted by Crippen LogP contribution is -2.30. The summed E-state index contributed by atoms with van der Waals surface area (Å²) in [6, 6.07) is 0. The minimum absolute atomic E-state index is 0.110. The Morgan fingerprint density at radius 1 is 0.338 bits per heavy atom. The molecule has 0 spiro atoms. The van der Waals surface area contributed by atoms with Crippen LogP contribution in [0.5, 0.6) is 0 Å². The smallest absolute Gasteiger partial charge is 0.306 e. The average molecular weight is 901 g/mol. The van der Waals surface area contributed by atoms with Crippen LogP contribution in [0.2, 0.25) is 0 Å². The quantitative estimate of drug-likeness (QED) is 0.0199. The second kappa shape index (κ2) is 52.7. The number of hydrogen-bond acceptors (Lipinski definition) is 6. The first-order valence-corrected chi connectivity index (χ1v) is 26.4. The molecule has 6 nitrogen and oxygen atoms in total. The molecule has 0 N–H and O–H groups in total. The van der Waals surface area contributed by atoms with Gasteiger partial charge in [-0.1, -0.05) is 220 Å². The maximum atomic E-state index is 12.8. The Labute approximate surface area is 400 Å². The van der Waals surface area contributed by atoms with E-state index in [9.17, 15) is 14.4 Å². The third-order valence-corrected chi connectivity index (χ3v) is 10.8. The zero-order valence-corrected chi connectivity index (χ0v) is 42.0. The number of hydrogen-bond donors (Lipinski definition) is 0. The summed E-state index contributed by atoms with van der Waals surface area (Å²) in [5.41, 5.74) is 0. The Bertz CT molecular complexity index is 1360. The molecule has 368 valence electrons. The normalized spacial score (nSPS) is 13.0. The van der Waals surface area contributed by atoms with Gasteiger partial charge in [-0.2, -0.15) is 0 Å². The van der Waals surface area contributed by atoms with Crippen LogP contribution in [0.1, 0.15) is 226 Å². The number of esters is 3. The standard InChI is InChI=1S/C59H96O6/c1-4-7-10-13-16-19-22-25-27-28-29-30-32-34-37-40-43-46-49-52-58(61)64-55-56(54-63-57(60)51-48-45-42-39-36-33-24-21-18-15-12-9-6-3)65-59(62)53-50-47-44-41-38-35-31-26-23-20-17-14-11-8-5-2/h7-8,10-11,14,16-17,19-20,23,25,27,29-30,33,36,42,45,56H,4-6,9,12-13,15,18,21-22,24,26,28,31-32,34-35,37-41,43-44,46-55H2,1-3H3/b10-7+,11-8+,17-14+,19-16+,23-20+,27-25+,30-29+,36-33+,45-42+. The van der Waals surface area contributed by atoms with Gasteiger partial charge in [-0.25, -0.2) is 0 Å². The van der Waals surface area contributed by atoms with Crippen molar-refractivity contribution in [2.45, 2.75) is 232 Å². The molecular weight excluding hydrogens is 805 g/mol. The summed E-state index contributed by atoms with van der Waals surface area (Å²) in [4.78, 5) is 38.0. The Kier molecular flexibility index (Phi) is 49.5. The van der Waals surface area contributed by atoms with Crippen molar-refractivity contribution in [1.29, 1.82) is 0 Å². The van der Waals surface area contributed by atoms with Crippen molar-refractivity contribution in [2.24, 2.45) is 0 Å². The summed E-state index contributed by atoms with van der Waals surface area (Å²) in [7, 11) is 0. The minimum atomic E-state index is -0.815. The highest BCUT2D eigenvalue weighted by atomic mass is 16.6. The van der Waals surface area contributed by atoms with Crippen molar-refractivity contribution in [3.05, 3.63) is 109 Å². The topological polar surface area (TPSA) is 78.9 Å². The molecular formula is C59H96O6. The molecule has 0 aromatic rings. The van der Waals surface area contributed by atoms with Gasteiger partial charge in [-0.05, 0) is 96.3 Å². The predicted octanol–water partition coefficient (Wildman–Crippen LogP) is 17.5. The van der Waals surface area contributed by atoms with Gasteiger partial charge in [-0.15, -0.1) is 0 Å². The molecule has 0 radical (unpaired) electrons.